The van der Waals surface area contributed by atoms with Crippen LogP contribution < -0.4 is 10.6 Å². The Morgan fingerprint density at radius 1 is 1.16 bits per heavy atom. The van der Waals surface area contributed by atoms with E-state index < -0.39 is 0 Å². The van der Waals surface area contributed by atoms with Gasteiger partial charge in [-0.1, -0.05) is 43.3 Å². The van der Waals surface area contributed by atoms with Crippen LogP contribution in [-0.2, 0) is 29.1 Å². The van der Waals surface area contributed by atoms with E-state index in [1.54, 1.807) is 0 Å². The molecule has 190 valence electrons. The fourth-order valence-corrected chi connectivity index (χ4v) is 6.81. The summed E-state index contributed by atoms with van der Waals surface area (Å²) in [6.07, 6.45) is 3.37. The van der Waals surface area contributed by atoms with Crippen molar-refractivity contribution in [2.45, 2.75) is 55.8 Å². The molecule has 1 aliphatic carbocycles. The lowest BCUT2D eigenvalue weighted by molar-refractivity contribution is -0.117. The van der Waals surface area contributed by atoms with E-state index in [9.17, 15) is 14.9 Å². The fraction of sp³-hybridized carbons (Fsp3) is 0.345. The smallest absolute Gasteiger partial charge is 0.238 e. The molecule has 1 unspecified atom stereocenters. The van der Waals surface area contributed by atoms with Gasteiger partial charge in [0.1, 0.15) is 11.1 Å². The van der Waals surface area contributed by atoms with Crippen LogP contribution in [0, 0.1) is 17.2 Å². The molecule has 0 spiro atoms. The van der Waals surface area contributed by atoms with Crippen LogP contribution in [-0.4, -0.2) is 28.5 Å². The van der Waals surface area contributed by atoms with Crippen molar-refractivity contribution in [3.8, 4) is 6.07 Å². The first kappa shape index (κ1) is 25.5. The van der Waals surface area contributed by atoms with Crippen LogP contribution in [0.5, 0.6) is 0 Å². The Hall–Kier alpha value is -3.12. The molecule has 2 amide bonds. The number of carbonyl (C=O) groups is 2. The molecule has 2 heterocycles. The Labute approximate surface area is 226 Å². The van der Waals surface area contributed by atoms with Gasteiger partial charge in [-0.15, -0.1) is 23.1 Å². The van der Waals surface area contributed by atoms with Crippen molar-refractivity contribution in [3.05, 3.63) is 76.2 Å². The number of amides is 2. The number of anilines is 2. The van der Waals surface area contributed by atoms with Crippen LogP contribution >= 0.6 is 23.1 Å². The van der Waals surface area contributed by atoms with Crippen LogP contribution in [0.4, 0.5) is 10.7 Å². The molecule has 2 aliphatic rings. The molecule has 0 radical (unpaired) electrons. The Kier molecular flexibility index (Phi) is 7.94. The van der Waals surface area contributed by atoms with Crippen LogP contribution in [0.3, 0.4) is 0 Å². The van der Waals surface area contributed by atoms with Crippen LogP contribution in [0.2, 0.25) is 0 Å². The second-order valence-corrected chi connectivity index (χ2v) is 11.9. The monoisotopic (exact) mass is 530 g/mol. The molecule has 1 aromatic heterocycles. The second kappa shape index (κ2) is 11.5. The minimum absolute atomic E-state index is 0.0694. The molecule has 1 saturated carbocycles. The van der Waals surface area contributed by atoms with Crippen molar-refractivity contribution in [2.24, 2.45) is 5.92 Å². The standard InChI is InChI=1S/C29H30N4O2S2/c1-2-25(36-22-10-6-9-21(15-22)31-27(34)20-11-12-20)28(35)32-29-24(16-30)23-13-14-33(18-26(23)37-29)17-19-7-4-3-5-8-19/h3-10,15,20,25H,2,11-14,17-18H2,1H3,(H,31,34)(H,32,35). The minimum atomic E-state index is -0.311. The van der Waals surface area contributed by atoms with Gasteiger partial charge >= 0.3 is 0 Å². The van der Waals surface area contributed by atoms with E-state index in [0.29, 0.717) is 17.0 Å². The third-order valence-electron chi connectivity index (χ3n) is 6.72. The second-order valence-electron chi connectivity index (χ2n) is 9.56. The number of thiophene rings is 1. The van der Waals surface area contributed by atoms with E-state index in [2.05, 4.69) is 45.9 Å². The third kappa shape index (κ3) is 6.24. The van der Waals surface area contributed by atoms with Crippen molar-refractivity contribution in [1.82, 2.24) is 4.90 Å². The van der Waals surface area contributed by atoms with Gasteiger partial charge in [0, 0.05) is 41.0 Å². The quantitative estimate of drug-likeness (QED) is 0.330. The van der Waals surface area contributed by atoms with Gasteiger partial charge in [-0.2, -0.15) is 5.26 Å². The zero-order valence-electron chi connectivity index (χ0n) is 20.8. The van der Waals surface area contributed by atoms with Crippen LogP contribution in [0.25, 0.3) is 0 Å². The van der Waals surface area contributed by atoms with Gasteiger partial charge in [-0.25, -0.2) is 0 Å². The summed E-state index contributed by atoms with van der Waals surface area (Å²) in [4.78, 5) is 29.9. The number of nitrogens with zero attached hydrogens (tertiary/aromatic N) is 2. The topological polar surface area (TPSA) is 85.2 Å². The number of hydrogen-bond acceptors (Lipinski definition) is 6. The lowest BCUT2D eigenvalue weighted by atomic mass is 10.0. The summed E-state index contributed by atoms with van der Waals surface area (Å²) in [6.45, 7) is 4.53. The molecular weight excluding hydrogens is 500 g/mol. The molecule has 1 aliphatic heterocycles. The van der Waals surface area contributed by atoms with Crippen LogP contribution in [0.15, 0.2) is 59.5 Å². The first-order valence-electron chi connectivity index (χ1n) is 12.7. The van der Waals surface area contributed by atoms with E-state index in [1.807, 2.05) is 37.3 Å². The normalized spacial score (nSPS) is 15.9. The number of benzene rings is 2. The molecule has 1 fully saturated rings. The summed E-state index contributed by atoms with van der Waals surface area (Å²) in [7, 11) is 0. The summed E-state index contributed by atoms with van der Waals surface area (Å²) in [5.74, 6) is 0.109. The summed E-state index contributed by atoms with van der Waals surface area (Å²) >= 11 is 3.01. The molecule has 8 heteroatoms. The third-order valence-corrected chi connectivity index (χ3v) is 9.21. The number of hydrogen-bond donors (Lipinski definition) is 2. The first-order chi connectivity index (χ1) is 18.0. The predicted octanol–water partition coefficient (Wildman–Crippen LogP) is 6.04. The van der Waals surface area contributed by atoms with Crippen LogP contribution in [0.1, 0.15) is 47.8 Å². The van der Waals surface area contributed by atoms with Gasteiger partial charge in [0.25, 0.3) is 0 Å². The summed E-state index contributed by atoms with van der Waals surface area (Å²) in [6, 6.07) is 20.4. The average Bonchev–Trinajstić information content (AvgIpc) is 3.70. The summed E-state index contributed by atoms with van der Waals surface area (Å²) < 4.78 is 0. The zero-order valence-corrected chi connectivity index (χ0v) is 22.5. The summed E-state index contributed by atoms with van der Waals surface area (Å²) in [5.41, 5.74) is 3.72. The Balaban J connectivity index is 1.25. The van der Waals surface area contributed by atoms with Gasteiger partial charge in [0.2, 0.25) is 11.8 Å². The molecule has 6 nitrogen and oxygen atoms in total. The van der Waals surface area contributed by atoms with Gasteiger partial charge in [-0.3, -0.25) is 14.5 Å². The molecule has 2 N–H and O–H groups in total. The highest BCUT2D eigenvalue weighted by molar-refractivity contribution is 8.00. The maximum Gasteiger partial charge on any atom is 0.238 e. The maximum absolute atomic E-state index is 13.3. The van der Waals surface area contributed by atoms with Gasteiger partial charge in [0.05, 0.1) is 10.8 Å². The number of fused-ring (bicyclic) bond motifs is 1. The van der Waals surface area contributed by atoms with E-state index in [0.717, 1.165) is 59.9 Å². The van der Waals surface area contributed by atoms with Gasteiger partial charge in [0.15, 0.2) is 0 Å². The molecule has 0 bridgehead atoms. The SMILES string of the molecule is CCC(Sc1cccc(NC(=O)C2CC2)c1)C(=O)Nc1sc2c(c1C#N)CCN(Cc1ccccc1)C2. The number of nitrogens with one attached hydrogen (secondary N) is 2. The minimum Gasteiger partial charge on any atom is -0.326 e. The molecule has 0 saturated heterocycles. The number of nitriles is 1. The summed E-state index contributed by atoms with van der Waals surface area (Å²) in [5, 5.41) is 16.3. The number of thioether (sulfide) groups is 1. The Morgan fingerprint density at radius 2 is 1.97 bits per heavy atom. The highest BCUT2D eigenvalue weighted by Crippen LogP contribution is 2.38. The molecular formula is C29H30N4O2S2. The highest BCUT2D eigenvalue weighted by atomic mass is 32.2. The Bertz CT molecular complexity index is 1330. The van der Waals surface area contributed by atoms with Crippen molar-refractivity contribution in [1.29, 1.82) is 5.26 Å². The number of carbonyl (C=O) groups excluding carboxylic acids is 2. The highest BCUT2D eigenvalue weighted by Gasteiger charge is 2.30. The first-order valence-corrected chi connectivity index (χ1v) is 14.4. The molecule has 37 heavy (non-hydrogen) atoms. The molecule has 1 atom stereocenters. The van der Waals surface area contributed by atoms with Gasteiger partial charge in [-0.05, 0) is 55.0 Å². The van der Waals surface area contributed by atoms with Crippen molar-refractivity contribution in [3.63, 3.8) is 0 Å². The number of rotatable bonds is 9. The molecule has 3 aromatic rings. The molecule has 2 aromatic carbocycles. The van der Waals surface area contributed by atoms with Crippen molar-refractivity contribution < 1.29 is 9.59 Å². The average molecular weight is 531 g/mol. The zero-order chi connectivity index (χ0) is 25.8. The van der Waals surface area contributed by atoms with E-state index in [4.69, 9.17) is 0 Å². The fourth-order valence-electron chi connectivity index (χ4n) is 4.56. The Morgan fingerprint density at radius 3 is 2.70 bits per heavy atom. The largest absolute Gasteiger partial charge is 0.326 e. The van der Waals surface area contributed by atoms with Crippen molar-refractivity contribution in [2.75, 3.05) is 17.2 Å². The maximum atomic E-state index is 13.3. The lowest BCUT2D eigenvalue weighted by Crippen LogP contribution is -2.29. The van der Waals surface area contributed by atoms with Crippen molar-refractivity contribution >= 4 is 45.6 Å². The van der Waals surface area contributed by atoms with E-state index in [1.165, 1.54) is 28.7 Å². The van der Waals surface area contributed by atoms with E-state index in [-0.39, 0.29) is 23.0 Å². The van der Waals surface area contributed by atoms with Gasteiger partial charge < -0.3 is 10.6 Å². The molecule has 5 rings (SSSR count). The van der Waals surface area contributed by atoms with E-state index >= 15 is 0 Å². The lowest BCUT2D eigenvalue weighted by Gasteiger charge is -2.26. The predicted molar refractivity (Wildman–Crippen MR) is 150 cm³/mol.